The number of rotatable bonds is 6. The Hall–Kier alpha value is -2.24. The van der Waals surface area contributed by atoms with Crippen LogP contribution in [0.15, 0.2) is 28.8 Å². The molecule has 0 aliphatic heterocycles. The lowest BCUT2D eigenvalue weighted by Gasteiger charge is -2.27. The quantitative estimate of drug-likeness (QED) is 0.780. The van der Waals surface area contributed by atoms with E-state index in [1.54, 1.807) is 0 Å². The van der Waals surface area contributed by atoms with Crippen LogP contribution in [0.5, 0.6) is 0 Å². The van der Waals surface area contributed by atoms with Gasteiger partial charge in [0.25, 0.3) is 0 Å². The molecule has 1 aliphatic rings. The van der Waals surface area contributed by atoms with Crippen LogP contribution in [0.4, 0.5) is 8.78 Å². The van der Waals surface area contributed by atoms with Crippen LogP contribution in [0.3, 0.4) is 0 Å². The van der Waals surface area contributed by atoms with E-state index in [1.807, 2.05) is 11.8 Å². The molecule has 0 N–H and O–H groups in total. The largest absolute Gasteiger partial charge is 0.441 e. The summed E-state index contributed by atoms with van der Waals surface area (Å²) in [6, 6.07) is 3.65. The van der Waals surface area contributed by atoms with Gasteiger partial charge >= 0.3 is 0 Å². The van der Waals surface area contributed by atoms with E-state index in [9.17, 15) is 13.6 Å². The fraction of sp³-hybridized carbons (Fsp3) is 0.474. The van der Waals surface area contributed by atoms with E-state index in [4.69, 9.17) is 4.42 Å². The number of oxazole rings is 1. The summed E-state index contributed by atoms with van der Waals surface area (Å²) < 4.78 is 32.3. The normalized spacial score (nSPS) is 14.8. The first-order valence-electron chi connectivity index (χ1n) is 8.78. The van der Waals surface area contributed by atoms with Crippen LogP contribution < -0.4 is 0 Å². The highest BCUT2D eigenvalue weighted by Crippen LogP contribution is 2.26. The monoisotopic (exact) mass is 348 g/mol. The van der Waals surface area contributed by atoms with E-state index < -0.39 is 11.6 Å². The van der Waals surface area contributed by atoms with Gasteiger partial charge in [0.1, 0.15) is 11.6 Å². The molecule has 1 aromatic heterocycles. The van der Waals surface area contributed by atoms with Crippen molar-refractivity contribution in [3.8, 4) is 11.3 Å². The van der Waals surface area contributed by atoms with Gasteiger partial charge in [-0.15, -0.1) is 0 Å². The van der Waals surface area contributed by atoms with E-state index in [-0.39, 0.29) is 17.2 Å². The van der Waals surface area contributed by atoms with Crippen molar-refractivity contribution in [2.24, 2.45) is 0 Å². The molecule has 1 saturated carbocycles. The summed E-state index contributed by atoms with van der Waals surface area (Å²) in [6.07, 6.45) is 6.60. The Kier molecular flexibility index (Phi) is 5.46. The maximum absolute atomic E-state index is 13.8. The molecule has 0 bridgehead atoms. The zero-order valence-corrected chi connectivity index (χ0v) is 14.3. The Labute approximate surface area is 145 Å². The van der Waals surface area contributed by atoms with Gasteiger partial charge in [-0.25, -0.2) is 13.8 Å². The van der Waals surface area contributed by atoms with E-state index in [1.165, 1.54) is 31.2 Å². The molecule has 1 aromatic carbocycles. The van der Waals surface area contributed by atoms with Crippen LogP contribution in [0.1, 0.15) is 44.9 Å². The van der Waals surface area contributed by atoms with Gasteiger partial charge in [-0.2, -0.15) is 0 Å². The molecule has 3 rings (SSSR count). The van der Waals surface area contributed by atoms with Crippen molar-refractivity contribution in [3.05, 3.63) is 41.9 Å². The highest BCUT2D eigenvalue weighted by molar-refractivity contribution is 5.76. The summed E-state index contributed by atoms with van der Waals surface area (Å²) in [4.78, 5) is 18.5. The Bertz CT molecular complexity index is 739. The molecule has 4 nitrogen and oxygen atoms in total. The number of nitrogens with zero attached hydrogens (tertiary/aromatic N) is 2. The fourth-order valence-corrected chi connectivity index (χ4v) is 3.45. The fourth-order valence-electron chi connectivity index (χ4n) is 3.45. The summed E-state index contributed by atoms with van der Waals surface area (Å²) in [7, 11) is 0. The maximum Gasteiger partial charge on any atom is 0.223 e. The van der Waals surface area contributed by atoms with Crippen molar-refractivity contribution in [2.45, 2.75) is 51.5 Å². The molecule has 1 fully saturated rings. The molecule has 1 heterocycles. The van der Waals surface area contributed by atoms with Gasteiger partial charge in [-0.1, -0.05) is 12.8 Å². The van der Waals surface area contributed by atoms with Crippen LogP contribution in [-0.2, 0) is 11.2 Å². The summed E-state index contributed by atoms with van der Waals surface area (Å²) >= 11 is 0. The lowest BCUT2D eigenvalue weighted by molar-refractivity contribution is -0.133. The van der Waals surface area contributed by atoms with Crippen molar-refractivity contribution in [3.63, 3.8) is 0 Å². The van der Waals surface area contributed by atoms with Crippen LogP contribution in [0, 0.1) is 11.6 Å². The molecule has 1 aliphatic carbocycles. The molecular weight excluding hydrogens is 326 g/mol. The van der Waals surface area contributed by atoms with Gasteiger partial charge in [0.15, 0.2) is 11.7 Å². The predicted molar refractivity (Wildman–Crippen MR) is 89.8 cm³/mol. The molecule has 0 saturated heterocycles. The van der Waals surface area contributed by atoms with Gasteiger partial charge in [0, 0.05) is 31.5 Å². The molecule has 1 amide bonds. The first-order valence-corrected chi connectivity index (χ1v) is 8.78. The van der Waals surface area contributed by atoms with Gasteiger partial charge in [0.2, 0.25) is 5.91 Å². The van der Waals surface area contributed by atoms with Crippen molar-refractivity contribution in [1.82, 2.24) is 9.88 Å². The second-order valence-electron chi connectivity index (χ2n) is 6.36. The summed E-state index contributed by atoms with van der Waals surface area (Å²) in [5.74, 6) is -0.616. The van der Waals surface area contributed by atoms with Gasteiger partial charge in [-0.3, -0.25) is 4.79 Å². The highest BCUT2D eigenvalue weighted by Gasteiger charge is 2.25. The lowest BCUT2D eigenvalue weighted by atomic mass is 10.2. The summed E-state index contributed by atoms with van der Waals surface area (Å²) in [5.41, 5.74) is 0.160. The number of amides is 1. The minimum absolute atomic E-state index is 0.0992. The second-order valence-corrected chi connectivity index (χ2v) is 6.36. The number of carbonyl (C=O) groups excluding carboxylic acids is 1. The number of hydrogen-bond acceptors (Lipinski definition) is 3. The topological polar surface area (TPSA) is 46.3 Å². The van der Waals surface area contributed by atoms with E-state index >= 15 is 0 Å². The minimum atomic E-state index is -0.697. The van der Waals surface area contributed by atoms with E-state index in [2.05, 4.69) is 4.98 Å². The maximum atomic E-state index is 13.8. The standard InChI is InChI=1S/C19H22F2N2O2/c1-2-23(14-5-3-4-6-14)19(24)10-9-18-22-12-17(25-18)15-8-7-13(20)11-16(15)21/h7-8,11-12,14H,2-6,9-10H2,1H3. The Morgan fingerprint density at radius 1 is 1.32 bits per heavy atom. The molecule has 0 unspecified atom stereocenters. The summed E-state index contributed by atoms with van der Waals surface area (Å²) in [6.45, 7) is 2.71. The third-order valence-electron chi connectivity index (χ3n) is 4.73. The average Bonchev–Trinajstić information content (AvgIpc) is 3.25. The summed E-state index contributed by atoms with van der Waals surface area (Å²) in [5, 5.41) is 0. The Morgan fingerprint density at radius 3 is 2.76 bits per heavy atom. The zero-order valence-electron chi connectivity index (χ0n) is 14.3. The highest BCUT2D eigenvalue weighted by atomic mass is 19.1. The first-order chi connectivity index (χ1) is 12.1. The van der Waals surface area contributed by atoms with Crippen molar-refractivity contribution < 1.29 is 18.0 Å². The molecule has 134 valence electrons. The molecular formula is C19H22F2N2O2. The zero-order chi connectivity index (χ0) is 17.8. The first kappa shape index (κ1) is 17.6. The third-order valence-corrected chi connectivity index (χ3v) is 4.73. The van der Waals surface area contributed by atoms with Crippen LogP contribution in [0.25, 0.3) is 11.3 Å². The van der Waals surface area contributed by atoms with Crippen LogP contribution >= 0.6 is 0 Å². The Morgan fingerprint density at radius 2 is 2.08 bits per heavy atom. The van der Waals surface area contributed by atoms with Crippen molar-refractivity contribution in [2.75, 3.05) is 6.54 Å². The lowest BCUT2D eigenvalue weighted by Crippen LogP contribution is -2.38. The van der Waals surface area contributed by atoms with Gasteiger partial charge < -0.3 is 9.32 Å². The molecule has 6 heteroatoms. The van der Waals surface area contributed by atoms with E-state index in [0.717, 1.165) is 18.9 Å². The number of hydrogen-bond donors (Lipinski definition) is 0. The molecule has 0 radical (unpaired) electrons. The number of halogens is 2. The smallest absolute Gasteiger partial charge is 0.223 e. The molecule has 25 heavy (non-hydrogen) atoms. The molecule has 0 spiro atoms. The van der Waals surface area contributed by atoms with Crippen LogP contribution in [0.2, 0.25) is 0 Å². The number of aromatic nitrogens is 1. The molecule has 0 atom stereocenters. The van der Waals surface area contributed by atoms with Gasteiger partial charge in [-0.05, 0) is 31.9 Å². The number of carbonyl (C=O) groups is 1. The van der Waals surface area contributed by atoms with Crippen molar-refractivity contribution in [1.29, 1.82) is 0 Å². The number of benzene rings is 1. The van der Waals surface area contributed by atoms with E-state index in [0.29, 0.717) is 31.3 Å². The van der Waals surface area contributed by atoms with Gasteiger partial charge in [0.05, 0.1) is 11.8 Å². The third kappa shape index (κ3) is 4.06. The molecule has 2 aromatic rings. The Balaban J connectivity index is 1.62. The predicted octanol–water partition coefficient (Wildman–Crippen LogP) is 4.34. The SMILES string of the molecule is CCN(C(=O)CCc1ncc(-c2ccc(F)cc2F)o1)C1CCCC1. The number of aryl methyl sites for hydroxylation is 1. The van der Waals surface area contributed by atoms with Crippen LogP contribution in [-0.4, -0.2) is 28.4 Å². The average molecular weight is 348 g/mol. The van der Waals surface area contributed by atoms with Crippen molar-refractivity contribution >= 4 is 5.91 Å². The second kappa shape index (κ2) is 7.76. The minimum Gasteiger partial charge on any atom is -0.441 e.